The van der Waals surface area contributed by atoms with Crippen LogP contribution >= 0.6 is 11.6 Å². The summed E-state index contributed by atoms with van der Waals surface area (Å²) in [6, 6.07) is 8.16. The molecular formula is C16H19ClN4O3. The normalized spacial score (nSPS) is 11.8. The first-order valence-electron chi connectivity index (χ1n) is 7.47. The van der Waals surface area contributed by atoms with Gasteiger partial charge in [-0.2, -0.15) is 5.10 Å². The van der Waals surface area contributed by atoms with E-state index in [0.717, 1.165) is 5.56 Å². The topological polar surface area (TPSA) is 96.2 Å². The molecule has 0 aliphatic carbocycles. The number of carbonyl (C=O) groups is 2. The highest BCUT2D eigenvalue weighted by Gasteiger charge is 2.19. The standard InChI is InChI=1S/C16H19ClN4O3/c1-21-10-8-13(20-21)15(11-4-6-12(17)7-5-11)19-16(24)18-9-2-3-14(22)23/h4-8,10,15H,2-3,9H2,1H3,(H,22,23)(H2,18,19,24). The molecule has 0 radical (unpaired) electrons. The van der Waals surface area contributed by atoms with E-state index >= 15 is 0 Å². The van der Waals surface area contributed by atoms with Crippen LogP contribution in [0.3, 0.4) is 0 Å². The predicted molar refractivity (Wildman–Crippen MR) is 89.9 cm³/mol. The third-order valence-electron chi connectivity index (χ3n) is 3.36. The maximum absolute atomic E-state index is 12.1. The Balaban J connectivity index is 2.05. The Morgan fingerprint density at radius 3 is 2.58 bits per heavy atom. The Morgan fingerprint density at radius 1 is 1.29 bits per heavy atom. The summed E-state index contributed by atoms with van der Waals surface area (Å²) in [5, 5.41) is 19.1. The van der Waals surface area contributed by atoms with Crippen LogP contribution in [-0.4, -0.2) is 33.4 Å². The highest BCUT2D eigenvalue weighted by Crippen LogP contribution is 2.22. The molecule has 1 heterocycles. The number of nitrogens with zero attached hydrogens (tertiary/aromatic N) is 2. The Kier molecular flexibility index (Phi) is 6.20. The number of aromatic nitrogens is 2. The zero-order chi connectivity index (χ0) is 17.5. The van der Waals surface area contributed by atoms with E-state index in [1.54, 1.807) is 30.1 Å². The van der Waals surface area contributed by atoms with Crippen LogP contribution in [0.25, 0.3) is 0 Å². The van der Waals surface area contributed by atoms with Gasteiger partial charge in [-0.3, -0.25) is 9.48 Å². The molecule has 0 saturated carbocycles. The van der Waals surface area contributed by atoms with Crippen molar-refractivity contribution < 1.29 is 14.7 Å². The number of aryl methyl sites for hydroxylation is 1. The fraction of sp³-hybridized carbons (Fsp3) is 0.312. The lowest BCUT2D eigenvalue weighted by Gasteiger charge is -2.18. The maximum Gasteiger partial charge on any atom is 0.315 e. The van der Waals surface area contributed by atoms with E-state index in [2.05, 4.69) is 15.7 Å². The van der Waals surface area contributed by atoms with Crippen molar-refractivity contribution in [2.75, 3.05) is 6.54 Å². The molecule has 0 bridgehead atoms. The summed E-state index contributed by atoms with van der Waals surface area (Å²) in [5.74, 6) is -0.885. The summed E-state index contributed by atoms with van der Waals surface area (Å²) in [7, 11) is 1.80. The van der Waals surface area contributed by atoms with Crippen LogP contribution in [0.4, 0.5) is 4.79 Å². The molecule has 0 saturated heterocycles. The first-order chi connectivity index (χ1) is 11.5. The van der Waals surface area contributed by atoms with E-state index in [4.69, 9.17) is 16.7 Å². The van der Waals surface area contributed by atoms with Gasteiger partial charge < -0.3 is 15.7 Å². The molecule has 3 N–H and O–H groups in total. The molecule has 0 fully saturated rings. The fourth-order valence-corrected chi connectivity index (χ4v) is 2.32. The summed E-state index contributed by atoms with van der Waals surface area (Å²) in [5.41, 5.74) is 1.54. The van der Waals surface area contributed by atoms with Gasteiger partial charge in [0.05, 0.1) is 5.69 Å². The van der Waals surface area contributed by atoms with Crippen molar-refractivity contribution >= 4 is 23.6 Å². The Labute approximate surface area is 144 Å². The van der Waals surface area contributed by atoms with Gasteiger partial charge in [0, 0.05) is 31.2 Å². The summed E-state index contributed by atoms with van der Waals surface area (Å²) < 4.78 is 1.66. The lowest BCUT2D eigenvalue weighted by molar-refractivity contribution is -0.137. The van der Waals surface area contributed by atoms with Crippen LogP contribution in [0.1, 0.15) is 30.1 Å². The van der Waals surface area contributed by atoms with Crippen molar-refractivity contribution in [1.82, 2.24) is 20.4 Å². The summed E-state index contributed by atoms with van der Waals surface area (Å²) in [6.45, 7) is 0.285. The van der Waals surface area contributed by atoms with Gasteiger partial charge in [-0.1, -0.05) is 23.7 Å². The van der Waals surface area contributed by atoms with Crippen molar-refractivity contribution in [3.8, 4) is 0 Å². The number of aliphatic carboxylic acids is 1. The van der Waals surface area contributed by atoms with Crippen molar-refractivity contribution in [3.63, 3.8) is 0 Å². The van der Waals surface area contributed by atoms with E-state index in [0.29, 0.717) is 17.1 Å². The smallest absolute Gasteiger partial charge is 0.315 e. The molecule has 0 spiro atoms. The molecule has 0 aliphatic rings. The molecule has 24 heavy (non-hydrogen) atoms. The first-order valence-corrected chi connectivity index (χ1v) is 7.84. The van der Waals surface area contributed by atoms with Crippen LogP contribution in [0.2, 0.25) is 5.02 Å². The van der Waals surface area contributed by atoms with E-state index < -0.39 is 12.0 Å². The fourth-order valence-electron chi connectivity index (χ4n) is 2.19. The lowest BCUT2D eigenvalue weighted by Crippen LogP contribution is -2.39. The summed E-state index contributed by atoms with van der Waals surface area (Å²) >= 11 is 5.91. The van der Waals surface area contributed by atoms with Gasteiger partial charge in [0.15, 0.2) is 0 Å². The molecule has 2 amide bonds. The van der Waals surface area contributed by atoms with Crippen LogP contribution < -0.4 is 10.6 Å². The highest BCUT2D eigenvalue weighted by atomic mass is 35.5. The second-order valence-electron chi connectivity index (χ2n) is 5.30. The summed E-state index contributed by atoms with van der Waals surface area (Å²) in [6.07, 6.45) is 2.18. The number of hydrogen-bond acceptors (Lipinski definition) is 3. The number of nitrogens with one attached hydrogen (secondary N) is 2. The van der Waals surface area contributed by atoms with Gasteiger partial charge >= 0.3 is 12.0 Å². The minimum Gasteiger partial charge on any atom is -0.481 e. The van der Waals surface area contributed by atoms with Crippen LogP contribution in [-0.2, 0) is 11.8 Å². The zero-order valence-corrected chi connectivity index (χ0v) is 14.0. The maximum atomic E-state index is 12.1. The number of urea groups is 1. The van der Waals surface area contributed by atoms with Crippen molar-refractivity contribution in [3.05, 3.63) is 52.8 Å². The number of carboxylic acids is 1. The molecule has 7 nitrogen and oxygen atoms in total. The number of carboxylic acid groups (broad SMARTS) is 1. The average Bonchev–Trinajstić information content (AvgIpc) is 2.96. The predicted octanol–water partition coefficient (Wildman–Crippen LogP) is 2.33. The molecule has 0 aliphatic heterocycles. The molecule has 2 aromatic rings. The highest BCUT2D eigenvalue weighted by molar-refractivity contribution is 6.30. The van der Waals surface area contributed by atoms with E-state index in [1.165, 1.54) is 0 Å². The molecule has 1 aromatic carbocycles. The van der Waals surface area contributed by atoms with Gasteiger partial charge in [-0.25, -0.2) is 4.79 Å². The molecule has 8 heteroatoms. The number of hydrogen-bond donors (Lipinski definition) is 3. The SMILES string of the molecule is Cn1ccc(C(NC(=O)NCCCC(=O)O)c2ccc(Cl)cc2)n1. The minimum absolute atomic E-state index is 0.0150. The zero-order valence-electron chi connectivity index (χ0n) is 13.2. The molecular weight excluding hydrogens is 332 g/mol. The van der Waals surface area contributed by atoms with Gasteiger partial charge in [0.2, 0.25) is 0 Å². The first kappa shape index (κ1) is 17.8. The van der Waals surface area contributed by atoms with Gasteiger partial charge in [-0.15, -0.1) is 0 Å². The number of benzene rings is 1. The van der Waals surface area contributed by atoms with E-state index in [1.807, 2.05) is 18.2 Å². The lowest BCUT2D eigenvalue weighted by atomic mass is 10.0. The molecule has 1 aromatic heterocycles. The van der Waals surface area contributed by atoms with Gasteiger partial charge in [0.25, 0.3) is 0 Å². The monoisotopic (exact) mass is 350 g/mol. The third-order valence-corrected chi connectivity index (χ3v) is 3.61. The van der Waals surface area contributed by atoms with E-state index in [9.17, 15) is 9.59 Å². The number of carbonyl (C=O) groups excluding carboxylic acids is 1. The largest absolute Gasteiger partial charge is 0.481 e. The molecule has 1 atom stereocenters. The Morgan fingerprint density at radius 2 is 2.00 bits per heavy atom. The second-order valence-corrected chi connectivity index (χ2v) is 5.73. The minimum atomic E-state index is -0.885. The Hall–Kier alpha value is -2.54. The van der Waals surface area contributed by atoms with Crippen molar-refractivity contribution in [2.24, 2.45) is 7.05 Å². The number of amides is 2. The molecule has 1 unspecified atom stereocenters. The third kappa shape index (κ3) is 5.27. The number of rotatable bonds is 7. The van der Waals surface area contributed by atoms with Crippen LogP contribution in [0, 0.1) is 0 Å². The van der Waals surface area contributed by atoms with Gasteiger partial charge in [-0.05, 0) is 30.2 Å². The molecule has 128 valence electrons. The van der Waals surface area contributed by atoms with Crippen molar-refractivity contribution in [1.29, 1.82) is 0 Å². The average molecular weight is 351 g/mol. The Bertz CT molecular complexity index is 700. The van der Waals surface area contributed by atoms with Crippen molar-refractivity contribution in [2.45, 2.75) is 18.9 Å². The van der Waals surface area contributed by atoms with Crippen LogP contribution in [0.5, 0.6) is 0 Å². The van der Waals surface area contributed by atoms with E-state index in [-0.39, 0.29) is 19.0 Å². The quantitative estimate of drug-likeness (QED) is 0.668. The molecule has 2 rings (SSSR count). The number of halogens is 1. The summed E-state index contributed by atoms with van der Waals surface area (Å²) in [4.78, 5) is 22.6. The van der Waals surface area contributed by atoms with Gasteiger partial charge in [0.1, 0.15) is 6.04 Å². The second kappa shape index (κ2) is 8.35. The van der Waals surface area contributed by atoms with Crippen LogP contribution in [0.15, 0.2) is 36.5 Å².